The van der Waals surface area contributed by atoms with Gasteiger partial charge in [-0.2, -0.15) is 0 Å². The highest BCUT2D eigenvalue weighted by atomic mass is 32.2. The summed E-state index contributed by atoms with van der Waals surface area (Å²) in [6.45, 7) is 3.08. The highest BCUT2D eigenvalue weighted by molar-refractivity contribution is 7.92. The number of hydrogen-bond acceptors (Lipinski definition) is 5. The Morgan fingerprint density at radius 3 is 2.36 bits per heavy atom. The second kappa shape index (κ2) is 5.72. The van der Waals surface area contributed by atoms with Crippen LogP contribution in [-0.2, 0) is 10.0 Å². The molecule has 0 bridgehead atoms. The average molecular weight is 320 g/mol. The lowest BCUT2D eigenvalue weighted by atomic mass is 10.3. The molecule has 1 aromatic heterocycles. The molecule has 0 unspecified atom stereocenters. The topological polar surface area (TPSA) is 66.4 Å². The van der Waals surface area contributed by atoms with Crippen molar-refractivity contribution < 1.29 is 8.42 Å². The van der Waals surface area contributed by atoms with E-state index >= 15 is 0 Å². The minimum Gasteiger partial charge on any atom is -0.356 e. The largest absolute Gasteiger partial charge is 0.356 e. The van der Waals surface area contributed by atoms with E-state index in [0.717, 1.165) is 18.5 Å². The van der Waals surface area contributed by atoms with Crippen molar-refractivity contribution in [2.24, 2.45) is 0 Å². The van der Waals surface area contributed by atoms with Gasteiger partial charge in [0.25, 0.3) is 0 Å². The lowest BCUT2D eigenvalue weighted by Crippen LogP contribution is -2.34. The maximum Gasteiger partial charge on any atom is 0.236 e. The molecular weight excluding hydrogens is 300 g/mol. The van der Waals surface area contributed by atoms with Crippen LogP contribution in [0, 0.1) is 0 Å². The van der Waals surface area contributed by atoms with E-state index in [9.17, 15) is 8.42 Å². The summed E-state index contributed by atoms with van der Waals surface area (Å²) in [4.78, 5) is 11.2. The van der Waals surface area contributed by atoms with E-state index in [0.29, 0.717) is 30.1 Å². The molecule has 0 N–H and O–H groups in total. The third-order valence-electron chi connectivity index (χ3n) is 3.78. The molecule has 7 heteroatoms. The molecule has 1 aliphatic rings. The Hall–Kier alpha value is -1.89. The lowest BCUT2D eigenvalue weighted by molar-refractivity contribution is 0.588. The van der Waals surface area contributed by atoms with E-state index < -0.39 is 10.0 Å². The summed E-state index contributed by atoms with van der Waals surface area (Å²) in [5, 5.41) is 0. The standard InChI is InChI=1S/C15H20N4O2S/c1-3-11-22(20,21)19-10-6-9-18(2)14-15(19)17-13-8-5-4-7-12(13)16-14/h4-5,7-8H,3,6,9-11H2,1-2H3. The number of benzene rings is 1. The molecule has 0 saturated heterocycles. The molecule has 0 atom stereocenters. The van der Waals surface area contributed by atoms with Crippen molar-refractivity contribution in [3.63, 3.8) is 0 Å². The molecule has 1 aromatic carbocycles. The molecule has 0 fully saturated rings. The first-order valence-electron chi connectivity index (χ1n) is 7.51. The molecule has 3 rings (SSSR count). The van der Waals surface area contributed by atoms with Crippen LogP contribution in [0.5, 0.6) is 0 Å². The predicted molar refractivity (Wildman–Crippen MR) is 88.8 cm³/mol. The quantitative estimate of drug-likeness (QED) is 0.865. The number of aromatic nitrogens is 2. The molecule has 0 amide bonds. The maximum atomic E-state index is 12.6. The predicted octanol–water partition coefficient (Wildman–Crippen LogP) is 2.02. The van der Waals surface area contributed by atoms with Gasteiger partial charge in [0.15, 0.2) is 11.6 Å². The second-order valence-electron chi connectivity index (χ2n) is 5.52. The third-order valence-corrected chi connectivity index (χ3v) is 5.74. The van der Waals surface area contributed by atoms with Crippen LogP contribution in [0.15, 0.2) is 24.3 Å². The smallest absolute Gasteiger partial charge is 0.236 e. The molecular formula is C15H20N4O2S. The highest BCUT2D eigenvalue weighted by Crippen LogP contribution is 2.31. The zero-order chi connectivity index (χ0) is 15.7. The average Bonchev–Trinajstić information content (AvgIpc) is 2.65. The Morgan fingerprint density at radius 1 is 1.09 bits per heavy atom. The summed E-state index contributed by atoms with van der Waals surface area (Å²) in [5.74, 6) is 1.22. The van der Waals surface area contributed by atoms with Crippen molar-refractivity contribution in [3.05, 3.63) is 24.3 Å². The highest BCUT2D eigenvalue weighted by Gasteiger charge is 2.30. The van der Waals surface area contributed by atoms with Crippen LogP contribution >= 0.6 is 0 Å². The number of sulfonamides is 1. The summed E-state index contributed by atoms with van der Waals surface area (Å²) in [7, 11) is -1.43. The molecule has 2 heterocycles. The van der Waals surface area contributed by atoms with Crippen molar-refractivity contribution in [2.45, 2.75) is 19.8 Å². The van der Waals surface area contributed by atoms with Crippen LogP contribution in [-0.4, -0.2) is 44.3 Å². The molecule has 0 aliphatic carbocycles. The van der Waals surface area contributed by atoms with E-state index in [2.05, 4.69) is 9.97 Å². The van der Waals surface area contributed by atoms with Crippen molar-refractivity contribution in [1.29, 1.82) is 0 Å². The zero-order valence-electron chi connectivity index (χ0n) is 12.9. The van der Waals surface area contributed by atoms with Crippen LogP contribution in [0.3, 0.4) is 0 Å². The summed E-state index contributed by atoms with van der Waals surface area (Å²) < 4.78 is 26.6. The Morgan fingerprint density at radius 2 is 1.73 bits per heavy atom. The van der Waals surface area contributed by atoms with E-state index in [1.807, 2.05) is 43.1 Å². The van der Waals surface area contributed by atoms with Gasteiger partial charge in [-0.1, -0.05) is 19.1 Å². The zero-order valence-corrected chi connectivity index (χ0v) is 13.7. The summed E-state index contributed by atoms with van der Waals surface area (Å²) in [6, 6.07) is 7.55. The Labute approximate surface area is 130 Å². The van der Waals surface area contributed by atoms with Crippen LogP contribution in [0.25, 0.3) is 11.0 Å². The number of hydrogen-bond donors (Lipinski definition) is 0. The first-order chi connectivity index (χ1) is 10.5. The van der Waals surface area contributed by atoms with Gasteiger partial charge < -0.3 is 4.90 Å². The number of fused-ring (bicyclic) bond motifs is 2. The maximum absolute atomic E-state index is 12.6. The van der Waals surface area contributed by atoms with Gasteiger partial charge in [-0.25, -0.2) is 18.4 Å². The monoisotopic (exact) mass is 320 g/mol. The molecule has 1 aliphatic heterocycles. The first-order valence-corrected chi connectivity index (χ1v) is 9.12. The molecule has 2 aromatic rings. The van der Waals surface area contributed by atoms with Crippen molar-refractivity contribution in [3.8, 4) is 0 Å². The molecule has 0 saturated carbocycles. The van der Waals surface area contributed by atoms with Gasteiger partial charge in [-0.05, 0) is 25.0 Å². The molecule has 118 valence electrons. The summed E-state index contributed by atoms with van der Waals surface area (Å²) >= 11 is 0. The summed E-state index contributed by atoms with van der Waals surface area (Å²) in [5.41, 5.74) is 1.50. The number of nitrogens with zero attached hydrogens (tertiary/aromatic N) is 4. The van der Waals surface area contributed by atoms with Gasteiger partial charge >= 0.3 is 0 Å². The van der Waals surface area contributed by atoms with Crippen LogP contribution < -0.4 is 9.21 Å². The number of rotatable bonds is 3. The van der Waals surface area contributed by atoms with Crippen molar-refractivity contribution in [2.75, 3.05) is 35.1 Å². The molecule has 6 nitrogen and oxygen atoms in total. The van der Waals surface area contributed by atoms with E-state index in [1.54, 1.807) is 0 Å². The Bertz CT molecular complexity index is 791. The fourth-order valence-corrected chi connectivity index (χ4v) is 4.24. The van der Waals surface area contributed by atoms with Crippen LogP contribution in [0.1, 0.15) is 19.8 Å². The fourth-order valence-electron chi connectivity index (χ4n) is 2.71. The van der Waals surface area contributed by atoms with E-state index in [-0.39, 0.29) is 5.75 Å². The number of anilines is 2. The van der Waals surface area contributed by atoms with Crippen LogP contribution in [0.2, 0.25) is 0 Å². The normalized spacial score (nSPS) is 15.7. The molecule has 0 spiro atoms. The third kappa shape index (κ3) is 2.61. The lowest BCUT2D eigenvalue weighted by Gasteiger charge is -2.23. The fraction of sp³-hybridized carbons (Fsp3) is 0.467. The molecule has 22 heavy (non-hydrogen) atoms. The first kappa shape index (κ1) is 15.0. The van der Waals surface area contributed by atoms with Gasteiger partial charge in [0, 0.05) is 20.1 Å². The minimum absolute atomic E-state index is 0.130. The second-order valence-corrected chi connectivity index (χ2v) is 7.54. The van der Waals surface area contributed by atoms with E-state index in [1.165, 1.54) is 4.31 Å². The van der Waals surface area contributed by atoms with Crippen LogP contribution in [0.4, 0.5) is 11.6 Å². The van der Waals surface area contributed by atoms with Gasteiger partial charge in [0.1, 0.15) is 0 Å². The van der Waals surface area contributed by atoms with Crippen molar-refractivity contribution in [1.82, 2.24) is 9.97 Å². The Kier molecular flexibility index (Phi) is 3.90. The number of para-hydroxylation sites is 2. The molecule has 0 radical (unpaired) electrons. The van der Waals surface area contributed by atoms with E-state index in [4.69, 9.17) is 0 Å². The minimum atomic E-state index is -3.36. The van der Waals surface area contributed by atoms with Gasteiger partial charge in [0.05, 0.1) is 16.8 Å². The van der Waals surface area contributed by atoms with Crippen molar-refractivity contribution >= 4 is 32.7 Å². The Balaban J connectivity index is 2.21. The van der Waals surface area contributed by atoms with Gasteiger partial charge in [-0.3, -0.25) is 4.31 Å². The van der Waals surface area contributed by atoms with Gasteiger partial charge in [-0.15, -0.1) is 0 Å². The summed E-state index contributed by atoms with van der Waals surface area (Å²) in [6.07, 6.45) is 1.35. The van der Waals surface area contributed by atoms with Gasteiger partial charge in [0.2, 0.25) is 10.0 Å². The SMILES string of the molecule is CCCS(=O)(=O)N1CCCN(C)c2nc3ccccc3nc21.